The van der Waals surface area contributed by atoms with Crippen LogP contribution in [0.25, 0.3) is 10.9 Å². The van der Waals surface area contributed by atoms with Crippen molar-refractivity contribution in [2.24, 2.45) is 0 Å². The smallest absolute Gasteiger partial charge is 0.407 e. The monoisotopic (exact) mass is 383 g/mol. The number of alkyl carbamates (subject to hydrolysis) is 1. The Morgan fingerprint density at radius 1 is 1.35 bits per heavy atom. The fourth-order valence-electron chi connectivity index (χ4n) is 1.97. The molecular formula is C16H22BrN3O3. The molecule has 1 aromatic heterocycles. The number of hydrogen-bond acceptors (Lipinski definition) is 4. The van der Waals surface area contributed by atoms with Crippen LogP contribution < -0.4 is 5.32 Å². The normalized spacial score (nSPS) is 11.7. The highest BCUT2D eigenvalue weighted by molar-refractivity contribution is 9.10. The summed E-state index contributed by atoms with van der Waals surface area (Å²) in [5.41, 5.74) is 0.465. The zero-order chi connectivity index (χ0) is 16.9. The minimum atomic E-state index is -0.485. The van der Waals surface area contributed by atoms with Gasteiger partial charge in [0.1, 0.15) is 5.60 Å². The average molecular weight is 384 g/mol. The van der Waals surface area contributed by atoms with Crippen molar-refractivity contribution in [1.29, 1.82) is 0 Å². The lowest BCUT2D eigenvalue weighted by Gasteiger charge is -2.19. The minimum absolute atomic E-state index is 0.418. The third-order valence-corrected chi connectivity index (χ3v) is 3.62. The van der Waals surface area contributed by atoms with Crippen LogP contribution in [0.3, 0.4) is 0 Å². The quantitative estimate of drug-likeness (QED) is 0.776. The summed E-state index contributed by atoms with van der Waals surface area (Å²) in [6, 6.07) is 5.93. The predicted octanol–water partition coefficient (Wildman–Crippen LogP) is 3.34. The molecule has 0 radical (unpaired) electrons. The molecule has 0 bridgehead atoms. The minimum Gasteiger partial charge on any atom is -0.444 e. The van der Waals surface area contributed by atoms with Gasteiger partial charge in [-0.15, -0.1) is 0 Å². The van der Waals surface area contributed by atoms with Crippen molar-refractivity contribution >= 4 is 32.9 Å². The van der Waals surface area contributed by atoms with Crippen molar-refractivity contribution in [3.8, 4) is 0 Å². The van der Waals surface area contributed by atoms with Crippen molar-refractivity contribution in [2.45, 2.75) is 32.9 Å². The van der Waals surface area contributed by atoms with Gasteiger partial charge in [0.2, 0.25) is 0 Å². The maximum absolute atomic E-state index is 11.4. The molecule has 6 nitrogen and oxygen atoms in total. The second-order valence-corrected chi connectivity index (χ2v) is 6.96. The Morgan fingerprint density at radius 3 is 2.83 bits per heavy atom. The van der Waals surface area contributed by atoms with E-state index in [-0.39, 0.29) is 0 Å². The number of amides is 1. The summed E-state index contributed by atoms with van der Waals surface area (Å²) < 4.78 is 13.5. The Hall–Kier alpha value is -1.60. The number of aromatic nitrogens is 2. The van der Waals surface area contributed by atoms with Crippen LogP contribution in [0.1, 0.15) is 20.8 Å². The number of carbonyl (C=O) groups excluding carboxylic acids is 1. The Bertz CT molecular complexity index is 664. The van der Waals surface area contributed by atoms with E-state index in [0.717, 1.165) is 15.4 Å². The molecule has 0 saturated carbocycles. The molecule has 0 spiro atoms. The number of halogens is 1. The van der Waals surface area contributed by atoms with Crippen LogP contribution in [0.5, 0.6) is 0 Å². The van der Waals surface area contributed by atoms with Crippen molar-refractivity contribution in [3.05, 3.63) is 28.9 Å². The Morgan fingerprint density at radius 2 is 2.13 bits per heavy atom. The second-order valence-electron chi connectivity index (χ2n) is 6.11. The summed E-state index contributed by atoms with van der Waals surface area (Å²) >= 11 is 3.51. The maximum Gasteiger partial charge on any atom is 0.407 e. The fraction of sp³-hybridized carbons (Fsp3) is 0.500. The van der Waals surface area contributed by atoms with Gasteiger partial charge in [-0.25, -0.2) is 4.79 Å². The molecule has 0 fully saturated rings. The van der Waals surface area contributed by atoms with E-state index in [0.29, 0.717) is 26.3 Å². The van der Waals surface area contributed by atoms with Gasteiger partial charge in [-0.3, -0.25) is 4.68 Å². The summed E-state index contributed by atoms with van der Waals surface area (Å²) in [6.45, 7) is 7.53. The average Bonchev–Trinajstić information content (AvgIpc) is 2.85. The van der Waals surface area contributed by atoms with Gasteiger partial charge in [0.25, 0.3) is 0 Å². The van der Waals surface area contributed by atoms with Crippen LogP contribution in [-0.2, 0) is 16.0 Å². The number of rotatable bonds is 6. The molecule has 1 aromatic carbocycles. The highest BCUT2D eigenvalue weighted by Gasteiger charge is 2.15. The van der Waals surface area contributed by atoms with Crippen molar-refractivity contribution in [2.75, 3.05) is 19.8 Å². The topological polar surface area (TPSA) is 65.4 Å². The first kappa shape index (κ1) is 17.7. The molecule has 126 valence electrons. The Kier molecular flexibility index (Phi) is 6.01. The fourth-order valence-corrected chi connectivity index (χ4v) is 2.43. The molecular weight excluding hydrogens is 362 g/mol. The lowest BCUT2D eigenvalue weighted by molar-refractivity contribution is 0.0496. The molecule has 1 heterocycles. The molecule has 1 amide bonds. The molecule has 0 unspecified atom stereocenters. The third kappa shape index (κ3) is 5.84. The van der Waals surface area contributed by atoms with Gasteiger partial charge in [0.05, 0.1) is 25.3 Å². The highest BCUT2D eigenvalue weighted by atomic mass is 79.9. The van der Waals surface area contributed by atoms with Gasteiger partial charge >= 0.3 is 6.09 Å². The van der Waals surface area contributed by atoms with E-state index < -0.39 is 11.7 Å². The van der Waals surface area contributed by atoms with E-state index in [2.05, 4.69) is 26.3 Å². The number of fused-ring (bicyclic) bond motifs is 1. The summed E-state index contributed by atoms with van der Waals surface area (Å²) in [5.74, 6) is 0. The third-order valence-electron chi connectivity index (χ3n) is 2.92. The Labute approximate surface area is 144 Å². The molecule has 1 N–H and O–H groups in total. The first-order chi connectivity index (χ1) is 10.8. The van der Waals surface area contributed by atoms with Gasteiger partial charge in [-0.2, -0.15) is 5.10 Å². The first-order valence-electron chi connectivity index (χ1n) is 7.51. The molecule has 0 atom stereocenters. The summed E-state index contributed by atoms with van der Waals surface area (Å²) in [5, 5.41) is 8.21. The van der Waals surface area contributed by atoms with Gasteiger partial charge in [0, 0.05) is 22.6 Å². The molecule has 2 aromatic rings. The number of ether oxygens (including phenoxy) is 2. The van der Waals surface area contributed by atoms with Gasteiger partial charge in [-0.1, -0.05) is 22.0 Å². The predicted molar refractivity (Wildman–Crippen MR) is 92.5 cm³/mol. The Balaban J connectivity index is 1.65. The molecule has 0 aliphatic carbocycles. The first-order valence-corrected chi connectivity index (χ1v) is 8.31. The largest absolute Gasteiger partial charge is 0.444 e. The van der Waals surface area contributed by atoms with Crippen LogP contribution in [0, 0.1) is 0 Å². The number of benzene rings is 1. The number of nitrogens with one attached hydrogen (secondary N) is 1. The summed E-state index contributed by atoms with van der Waals surface area (Å²) in [7, 11) is 0. The van der Waals surface area contributed by atoms with Crippen molar-refractivity contribution in [1.82, 2.24) is 15.1 Å². The van der Waals surface area contributed by atoms with Gasteiger partial charge in [0.15, 0.2) is 0 Å². The molecule has 0 aliphatic heterocycles. The van der Waals surface area contributed by atoms with Crippen LogP contribution >= 0.6 is 15.9 Å². The number of carbonyl (C=O) groups is 1. The summed E-state index contributed by atoms with van der Waals surface area (Å²) in [6.07, 6.45) is 1.56. The zero-order valence-corrected chi connectivity index (χ0v) is 15.2. The van der Waals surface area contributed by atoms with Gasteiger partial charge < -0.3 is 14.8 Å². The SMILES string of the molecule is CC(C)(C)OC(=O)NCCOCCn1cc2c(Br)cccc2n1. The standard InChI is InChI=1S/C16H22BrN3O3/c1-16(2,3)23-15(21)18-7-9-22-10-8-20-11-12-13(17)5-4-6-14(12)19-20/h4-6,11H,7-10H2,1-3H3,(H,18,21). The van der Waals surface area contributed by atoms with E-state index in [1.54, 1.807) is 0 Å². The number of hydrogen-bond donors (Lipinski definition) is 1. The second kappa shape index (κ2) is 7.79. The van der Waals surface area contributed by atoms with E-state index in [1.807, 2.05) is 49.8 Å². The van der Waals surface area contributed by atoms with E-state index in [9.17, 15) is 4.79 Å². The number of nitrogens with zero attached hydrogens (tertiary/aromatic N) is 2. The van der Waals surface area contributed by atoms with Crippen LogP contribution in [-0.4, -0.2) is 41.2 Å². The highest BCUT2D eigenvalue weighted by Crippen LogP contribution is 2.22. The van der Waals surface area contributed by atoms with Crippen LogP contribution in [0.4, 0.5) is 4.79 Å². The molecule has 0 aliphatic rings. The zero-order valence-electron chi connectivity index (χ0n) is 13.6. The molecule has 0 saturated heterocycles. The molecule has 23 heavy (non-hydrogen) atoms. The lowest BCUT2D eigenvalue weighted by atomic mass is 10.2. The van der Waals surface area contributed by atoms with Crippen LogP contribution in [0.15, 0.2) is 28.9 Å². The van der Waals surface area contributed by atoms with E-state index in [1.165, 1.54) is 0 Å². The molecule has 2 rings (SSSR count). The van der Waals surface area contributed by atoms with E-state index >= 15 is 0 Å². The maximum atomic E-state index is 11.4. The van der Waals surface area contributed by atoms with Crippen LogP contribution in [0.2, 0.25) is 0 Å². The van der Waals surface area contributed by atoms with Crippen molar-refractivity contribution < 1.29 is 14.3 Å². The van der Waals surface area contributed by atoms with Crippen molar-refractivity contribution in [3.63, 3.8) is 0 Å². The van der Waals surface area contributed by atoms with Gasteiger partial charge in [-0.05, 0) is 32.9 Å². The molecule has 7 heteroatoms. The lowest BCUT2D eigenvalue weighted by Crippen LogP contribution is -2.34. The van der Waals surface area contributed by atoms with E-state index in [4.69, 9.17) is 9.47 Å². The summed E-state index contributed by atoms with van der Waals surface area (Å²) in [4.78, 5) is 11.4.